The summed E-state index contributed by atoms with van der Waals surface area (Å²) in [4.78, 5) is 12.9. The first kappa shape index (κ1) is 6.48. The molecule has 0 aliphatic rings. The summed E-state index contributed by atoms with van der Waals surface area (Å²) < 4.78 is 12.4. The molecule has 1 aromatic rings. The van der Waals surface area contributed by atoms with E-state index in [0.29, 0.717) is 0 Å². The highest BCUT2D eigenvalue weighted by molar-refractivity contribution is 9.10. The smallest absolute Gasteiger partial charge is 0.218 e. The lowest BCUT2D eigenvalue weighted by molar-refractivity contribution is 0.602. The van der Waals surface area contributed by atoms with Gasteiger partial charge in [-0.1, -0.05) is 0 Å². The minimum Gasteiger partial charge on any atom is -0.353 e. The number of H-pyrrole nitrogens is 1. The number of hydrogen-bond donors (Lipinski definition) is 1. The molecule has 1 heterocycles. The summed E-state index contributed by atoms with van der Waals surface area (Å²) in [6, 6.07) is 1.13. The van der Waals surface area contributed by atoms with Gasteiger partial charge < -0.3 is 4.98 Å². The normalized spacial score (nSPS) is 9.56. The van der Waals surface area contributed by atoms with Crippen LogP contribution < -0.4 is 5.43 Å². The third kappa shape index (κ3) is 1.18. The van der Waals surface area contributed by atoms with Crippen LogP contribution in [0, 0.1) is 5.82 Å². The van der Waals surface area contributed by atoms with E-state index in [1.54, 1.807) is 0 Å². The van der Waals surface area contributed by atoms with Gasteiger partial charge in [0.15, 0.2) is 0 Å². The molecule has 0 fully saturated rings. The fraction of sp³-hybridized carbons (Fsp3) is 0. The Morgan fingerprint density at radius 2 is 2.33 bits per heavy atom. The van der Waals surface area contributed by atoms with E-state index in [-0.39, 0.29) is 4.60 Å². The van der Waals surface area contributed by atoms with Gasteiger partial charge in [-0.25, -0.2) is 0 Å². The SMILES string of the molecule is O=c1cc[nH]c(Br)c1F. The van der Waals surface area contributed by atoms with Gasteiger partial charge >= 0.3 is 0 Å². The van der Waals surface area contributed by atoms with Crippen molar-refractivity contribution in [3.63, 3.8) is 0 Å². The molecular formula is C5H3BrFNO. The van der Waals surface area contributed by atoms with Gasteiger partial charge in [0, 0.05) is 12.3 Å². The minimum absolute atomic E-state index is 0.0926. The molecule has 1 N–H and O–H groups in total. The molecule has 0 aliphatic heterocycles. The van der Waals surface area contributed by atoms with Crippen molar-refractivity contribution < 1.29 is 4.39 Å². The van der Waals surface area contributed by atoms with Crippen LogP contribution in [0.5, 0.6) is 0 Å². The minimum atomic E-state index is -0.780. The summed E-state index contributed by atoms with van der Waals surface area (Å²) in [5, 5.41) is 0. The highest BCUT2D eigenvalue weighted by Crippen LogP contribution is 2.04. The number of pyridine rings is 1. The van der Waals surface area contributed by atoms with Crippen LogP contribution in [-0.2, 0) is 0 Å². The molecule has 9 heavy (non-hydrogen) atoms. The summed E-state index contributed by atoms with van der Waals surface area (Å²) in [5.41, 5.74) is -0.611. The maximum Gasteiger partial charge on any atom is 0.218 e. The quantitative estimate of drug-likeness (QED) is 0.617. The fourth-order valence-corrected chi connectivity index (χ4v) is 0.763. The van der Waals surface area contributed by atoms with Crippen molar-refractivity contribution in [2.24, 2.45) is 0 Å². The summed E-state index contributed by atoms with van der Waals surface area (Å²) >= 11 is 2.82. The average Bonchev–Trinajstić information content (AvgIpc) is 1.83. The lowest BCUT2D eigenvalue weighted by Gasteiger charge is -1.88. The Morgan fingerprint density at radius 3 is 2.78 bits per heavy atom. The molecule has 0 radical (unpaired) electrons. The van der Waals surface area contributed by atoms with Crippen LogP contribution in [0.1, 0.15) is 0 Å². The molecule has 0 aromatic carbocycles. The van der Waals surface area contributed by atoms with Crippen LogP contribution in [0.25, 0.3) is 0 Å². The van der Waals surface area contributed by atoms with Crippen LogP contribution in [0.15, 0.2) is 21.7 Å². The molecule has 0 amide bonds. The third-order valence-corrected chi connectivity index (χ3v) is 1.43. The van der Waals surface area contributed by atoms with Gasteiger partial charge in [0.2, 0.25) is 11.2 Å². The summed E-state index contributed by atoms with van der Waals surface area (Å²) in [7, 11) is 0. The van der Waals surface area contributed by atoms with Crippen LogP contribution in [0.4, 0.5) is 4.39 Å². The lowest BCUT2D eigenvalue weighted by atomic mass is 10.5. The second-order valence-corrected chi connectivity index (χ2v) is 2.26. The highest BCUT2D eigenvalue weighted by atomic mass is 79.9. The zero-order chi connectivity index (χ0) is 6.85. The van der Waals surface area contributed by atoms with Crippen LogP contribution in [0.3, 0.4) is 0 Å². The summed E-state index contributed by atoms with van der Waals surface area (Å²) in [6.45, 7) is 0. The fourth-order valence-electron chi connectivity index (χ4n) is 0.435. The Kier molecular flexibility index (Phi) is 1.66. The van der Waals surface area contributed by atoms with Crippen molar-refractivity contribution in [2.45, 2.75) is 0 Å². The van der Waals surface area contributed by atoms with Gasteiger partial charge in [-0.15, -0.1) is 0 Å². The maximum absolute atomic E-state index is 12.3. The second kappa shape index (κ2) is 2.31. The molecule has 48 valence electrons. The van der Waals surface area contributed by atoms with E-state index >= 15 is 0 Å². The highest BCUT2D eigenvalue weighted by Gasteiger charge is 1.99. The van der Waals surface area contributed by atoms with Crippen molar-refractivity contribution in [3.05, 3.63) is 32.9 Å². The Labute approximate surface area is 58.8 Å². The van der Waals surface area contributed by atoms with E-state index < -0.39 is 11.2 Å². The molecule has 2 nitrogen and oxygen atoms in total. The van der Waals surface area contributed by atoms with E-state index in [2.05, 4.69) is 20.9 Å². The first-order valence-electron chi connectivity index (χ1n) is 2.24. The van der Waals surface area contributed by atoms with Gasteiger partial charge in [0.25, 0.3) is 0 Å². The van der Waals surface area contributed by atoms with Crippen molar-refractivity contribution >= 4 is 15.9 Å². The lowest BCUT2D eigenvalue weighted by Crippen LogP contribution is -2.04. The predicted octanol–water partition coefficient (Wildman–Crippen LogP) is 1.28. The van der Waals surface area contributed by atoms with Crippen LogP contribution >= 0.6 is 15.9 Å². The molecule has 0 unspecified atom stereocenters. The van der Waals surface area contributed by atoms with Crippen molar-refractivity contribution in [2.75, 3.05) is 0 Å². The Balaban J connectivity index is 3.43. The second-order valence-electron chi connectivity index (χ2n) is 1.47. The standard InChI is InChI=1S/C5H3BrFNO/c6-5-4(7)3(9)1-2-8-5/h1-2H,(H,8,9). The first-order valence-corrected chi connectivity index (χ1v) is 3.04. The molecule has 0 bridgehead atoms. The van der Waals surface area contributed by atoms with Gasteiger partial charge in [-0.3, -0.25) is 4.79 Å². The number of aromatic amines is 1. The molecule has 0 saturated carbocycles. The van der Waals surface area contributed by atoms with Crippen molar-refractivity contribution in [1.82, 2.24) is 4.98 Å². The maximum atomic E-state index is 12.3. The summed E-state index contributed by atoms with van der Waals surface area (Å²) in [5.74, 6) is -0.780. The van der Waals surface area contributed by atoms with Gasteiger partial charge in [0.05, 0.1) is 0 Å². The molecule has 4 heteroatoms. The van der Waals surface area contributed by atoms with Crippen LogP contribution in [-0.4, -0.2) is 4.98 Å². The first-order chi connectivity index (χ1) is 4.22. The zero-order valence-corrected chi connectivity index (χ0v) is 5.90. The molecule has 0 aliphatic carbocycles. The Bertz CT molecular complexity index is 270. The molecular weight excluding hydrogens is 189 g/mol. The van der Waals surface area contributed by atoms with Crippen molar-refractivity contribution in [1.29, 1.82) is 0 Å². The molecule has 1 rings (SSSR count). The average molecular weight is 192 g/mol. The number of halogens is 2. The molecule has 0 atom stereocenters. The number of hydrogen-bond acceptors (Lipinski definition) is 1. The van der Waals surface area contributed by atoms with Gasteiger partial charge in [-0.2, -0.15) is 4.39 Å². The van der Waals surface area contributed by atoms with Crippen molar-refractivity contribution in [3.8, 4) is 0 Å². The van der Waals surface area contributed by atoms with E-state index in [9.17, 15) is 9.18 Å². The molecule has 0 spiro atoms. The topological polar surface area (TPSA) is 32.9 Å². The Hall–Kier alpha value is -0.640. The van der Waals surface area contributed by atoms with Gasteiger partial charge in [-0.05, 0) is 15.9 Å². The number of rotatable bonds is 0. The zero-order valence-electron chi connectivity index (χ0n) is 4.32. The largest absolute Gasteiger partial charge is 0.353 e. The summed E-state index contributed by atoms with van der Waals surface area (Å²) in [6.07, 6.45) is 1.37. The number of aromatic nitrogens is 1. The molecule has 1 aromatic heterocycles. The van der Waals surface area contributed by atoms with E-state index in [1.807, 2.05) is 0 Å². The van der Waals surface area contributed by atoms with E-state index in [0.717, 1.165) is 6.07 Å². The third-order valence-electron chi connectivity index (χ3n) is 0.854. The van der Waals surface area contributed by atoms with Gasteiger partial charge in [0.1, 0.15) is 4.60 Å². The van der Waals surface area contributed by atoms with E-state index in [4.69, 9.17) is 0 Å². The Morgan fingerprint density at radius 1 is 1.67 bits per heavy atom. The predicted molar refractivity (Wildman–Crippen MR) is 34.7 cm³/mol. The monoisotopic (exact) mass is 191 g/mol. The van der Waals surface area contributed by atoms with Crippen LogP contribution in [0.2, 0.25) is 0 Å². The molecule has 0 saturated heterocycles. The van der Waals surface area contributed by atoms with E-state index in [1.165, 1.54) is 6.20 Å². The number of nitrogens with one attached hydrogen (secondary N) is 1.